The number of methoxy groups -OCH3 is 1. The number of aromatic amines is 1. The predicted molar refractivity (Wildman–Crippen MR) is 106 cm³/mol. The standard InChI is InChI=1S/C22H20N2O4/c1-27-21(25)19-14-24-20-11-10-16(13-18(19)20)7-5-6-12-23-22(26)28-15-17-8-3-2-4-9-17/h2-4,8-11,13-14,24H,6,12,15H2,1H3,(H,23,26). The highest BCUT2D eigenvalue weighted by Gasteiger charge is 2.12. The average molecular weight is 376 g/mol. The maximum Gasteiger partial charge on any atom is 0.407 e. The van der Waals surface area contributed by atoms with Gasteiger partial charge in [0, 0.05) is 35.6 Å². The van der Waals surface area contributed by atoms with Gasteiger partial charge in [-0.25, -0.2) is 9.59 Å². The summed E-state index contributed by atoms with van der Waals surface area (Å²) in [6.07, 6.45) is 1.64. The number of rotatable bonds is 5. The maximum atomic E-state index is 11.8. The van der Waals surface area contributed by atoms with Gasteiger partial charge < -0.3 is 19.8 Å². The van der Waals surface area contributed by atoms with Crippen LogP contribution in [0.3, 0.4) is 0 Å². The quantitative estimate of drug-likeness (QED) is 0.405. The Kier molecular flexibility index (Phi) is 6.32. The minimum atomic E-state index is -0.470. The molecule has 1 aromatic heterocycles. The van der Waals surface area contributed by atoms with Crippen LogP contribution in [0.15, 0.2) is 54.7 Å². The Labute approximate surface area is 162 Å². The molecular formula is C22H20N2O4. The van der Waals surface area contributed by atoms with Gasteiger partial charge in [-0.1, -0.05) is 42.2 Å². The summed E-state index contributed by atoms with van der Waals surface area (Å²) in [4.78, 5) is 26.5. The SMILES string of the molecule is COC(=O)c1c[nH]c2ccc(C#CCCNC(=O)OCc3ccccc3)cc12. The van der Waals surface area contributed by atoms with Gasteiger partial charge in [0.2, 0.25) is 0 Å². The number of amides is 1. The molecule has 0 aliphatic carbocycles. The monoisotopic (exact) mass is 376 g/mol. The Morgan fingerprint density at radius 2 is 1.96 bits per heavy atom. The van der Waals surface area contributed by atoms with Gasteiger partial charge in [0.25, 0.3) is 0 Å². The number of carbonyl (C=O) groups excluding carboxylic acids is 2. The molecule has 0 atom stereocenters. The molecule has 3 aromatic rings. The maximum absolute atomic E-state index is 11.8. The van der Waals surface area contributed by atoms with Crippen molar-refractivity contribution in [2.45, 2.75) is 13.0 Å². The van der Waals surface area contributed by atoms with Crippen molar-refractivity contribution in [3.63, 3.8) is 0 Å². The van der Waals surface area contributed by atoms with Crippen molar-refractivity contribution < 1.29 is 19.1 Å². The fourth-order valence-corrected chi connectivity index (χ4v) is 2.64. The molecule has 1 heterocycles. The lowest BCUT2D eigenvalue weighted by molar-refractivity contribution is 0.0603. The van der Waals surface area contributed by atoms with Crippen molar-refractivity contribution in [2.75, 3.05) is 13.7 Å². The summed E-state index contributed by atoms with van der Waals surface area (Å²) in [5, 5.41) is 3.43. The highest BCUT2D eigenvalue weighted by molar-refractivity contribution is 6.04. The summed E-state index contributed by atoms with van der Waals surface area (Å²) in [5.41, 5.74) is 3.03. The van der Waals surface area contributed by atoms with Crippen LogP contribution in [0.4, 0.5) is 4.79 Å². The summed E-state index contributed by atoms with van der Waals surface area (Å²) in [5.74, 6) is 5.64. The smallest absolute Gasteiger partial charge is 0.407 e. The van der Waals surface area contributed by atoms with Crippen molar-refractivity contribution >= 4 is 23.0 Å². The Bertz CT molecular complexity index is 1030. The first kappa shape index (κ1) is 19.1. The Hall–Kier alpha value is -3.72. The number of hydrogen-bond acceptors (Lipinski definition) is 4. The molecule has 142 valence electrons. The van der Waals surface area contributed by atoms with E-state index in [4.69, 9.17) is 9.47 Å². The minimum absolute atomic E-state index is 0.234. The lowest BCUT2D eigenvalue weighted by Crippen LogP contribution is -2.24. The number of nitrogens with one attached hydrogen (secondary N) is 2. The number of benzene rings is 2. The molecule has 2 N–H and O–H groups in total. The first-order chi connectivity index (χ1) is 13.7. The highest BCUT2D eigenvalue weighted by Crippen LogP contribution is 2.20. The lowest BCUT2D eigenvalue weighted by atomic mass is 10.1. The van der Waals surface area contributed by atoms with Crippen molar-refractivity contribution in [3.05, 3.63) is 71.4 Å². The molecule has 0 spiro atoms. The van der Waals surface area contributed by atoms with Crippen LogP contribution >= 0.6 is 0 Å². The third-order valence-electron chi connectivity index (χ3n) is 4.05. The molecule has 0 bridgehead atoms. The first-order valence-corrected chi connectivity index (χ1v) is 8.80. The van der Waals surface area contributed by atoms with Crippen molar-refractivity contribution in [1.82, 2.24) is 10.3 Å². The third-order valence-corrected chi connectivity index (χ3v) is 4.05. The average Bonchev–Trinajstić information content (AvgIpc) is 3.15. The molecule has 6 nitrogen and oxygen atoms in total. The fourth-order valence-electron chi connectivity index (χ4n) is 2.64. The van der Waals surface area contributed by atoms with Crippen LogP contribution < -0.4 is 5.32 Å². The van der Waals surface area contributed by atoms with Crippen molar-refractivity contribution in [2.24, 2.45) is 0 Å². The van der Waals surface area contributed by atoms with Crippen LogP contribution in [0.2, 0.25) is 0 Å². The number of aromatic nitrogens is 1. The van der Waals surface area contributed by atoms with Gasteiger partial charge in [-0.2, -0.15) is 0 Å². The van der Waals surface area contributed by atoms with E-state index in [1.165, 1.54) is 7.11 Å². The molecule has 2 aromatic carbocycles. The van der Waals surface area contributed by atoms with E-state index in [1.807, 2.05) is 48.5 Å². The molecule has 0 unspecified atom stereocenters. The van der Waals surface area contributed by atoms with Gasteiger partial charge in [-0.3, -0.25) is 0 Å². The summed E-state index contributed by atoms with van der Waals surface area (Å²) in [6.45, 7) is 0.623. The van der Waals surface area contributed by atoms with Gasteiger partial charge in [-0.05, 0) is 23.8 Å². The Morgan fingerprint density at radius 3 is 2.75 bits per heavy atom. The van der Waals surface area contributed by atoms with E-state index in [0.29, 0.717) is 18.5 Å². The number of esters is 1. The van der Waals surface area contributed by atoms with Crippen LogP contribution in [0.5, 0.6) is 0 Å². The second-order valence-corrected chi connectivity index (χ2v) is 5.99. The molecule has 0 aliphatic rings. The molecule has 0 saturated heterocycles. The molecule has 28 heavy (non-hydrogen) atoms. The van der Waals surface area contributed by atoms with Gasteiger partial charge in [0.1, 0.15) is 6.61 Å². The zero-order chi connectivity index (χ0) is 19.8. The van der Waals surface area contributed by atoms with Crippen LogP contribution in [-0.4, -0.2) is 30.7 Å². The van der Waals surface area contributed by atoms with Crippen molar-refractivity contribution in [3.8, 4) is 11.8 Å². The summed E-state index contributed by atoms with van der Waals surface area (Å²) in [7, 11) is 1.35. The summed E-state index contributed by atoms with van der Waals surface area (Å²) >= 11 is 0. The van der Waals surface area contributed by atoms with Crippen LogP contribution in [0.1, 0.15) is 27.9 Å². The summed E-state index contributed by atoms with van der Waals surface area (Å²) in [6, 6.07) is 15.1. The number of ether oxygens (including phenoxy) is 2. The fraction of sp³-hybridized carbons (Fsp3) is 0.182. The van der Waals surface area contributed by atoms with Gasteiger partial charge in [0.15, 0.2) is 0 Å². The van der Waals surface area contributed by atoms with Crippen LogP contribution in [-0.2, 0) is 16.1 Å². The molecule has 0 radical (unpaired) electrons. The molecule has 0 fully saturated rings. The number of alkyl carbamates (subject to hydrolysis) is 1. The van der Waals surface area contributed by atoms with E-state index in [0.717, 1.165) is 22.0 Å². The molecular weight excluding hydrogens is 356 g/mol. The largest absolute Gasteiger partial charge is 0.465 e. The van der Waals surface area contributed by atoms with Gasteiger partial charge in [0.05, 0.1) is 12.7 Å². The zero-order valence-corrected chi connectivity index (χ0v) is 15.5. The van der Waals surface area contributed by atoms with E-state index in [9.17, 15) is 9.59 Å². The second kappa shape index (κ2) is 9.28. The van der Waals surface area contributed by atoms with Crippen LogP contribution in [0.25, 0.3) is 10.9 Å². The highest BCUT2D eigenvalue weighted by atomic mass is 16.5. The Morgan fingerprint density at radius 1 is 1.14 bits per heavy atom. The van der Waals surface area contributed by atoms with Crippen LogP contribution in [0, 0.1) is 11.8 Å². The van der Waals surface area contributed by atoms with E-state index in [1.54, 1.807) is 6.20 Å². The lowest BCUT2D eigenvalue weighted by Gasteiger charge is -2.05. The first-order valence-electron chi connectivity index (χ1n) is 8.80. The molecule has 6 heteroatoms. The molecule has 3 rings (SSSR count). The molecule has 1 amide bonds. The predicted octanol–water partition coefficient (Wildman–Crippen LogP) is 3.62. The molecule has 0 aliphatic heterocycles. The number of H-pyrrole nitrogens is 1. The second-order valence-electron chi connectivity index (χ2n) is 5.99. The summed E-state index contributed by atoms with van der Waals surface area (Å²) < 4.78 is 9.91. The van der Waals surface area contributed by atoms with E-state index in [2.05, 4.69) is 22.1 Å². The minimum Gasteiger partial charge on any atom is -0.465 e. The van der Waals surface area contributed by atoms with Gasteiger partial charge in [-0.15, -0.1) is 0 Å². The zero-order valence-electron chi connectivity index (χ0n) is 15.5. The topological polar surface area (TPSA) is 80.4 Å². The van der Waals surface area contributed by atoms with E-state index >= 15 is 0 Å². The normalized spacial score (nSPS) is 10.0. The number of carbonyl (C=O) groups is 2. The number of fused-ring (bicyclic) bond motifs is 1. The number of hydrogen-bond donors (Lipinski definition) is 2. The van der Waals surface area contributed by atoms with E-state index < -0.39 is 12.1 Å². The van der Waals surface area contributed by atoms with E-state index in [-0.39, 0.29) is 6.61 Å². The van der Waals surface area contributed by atoms with Crippen molar-refractivity contribution in [1.29, 1.82) is 0 Å². The Balaban J connectivity index is 1.49. The molecule has 0 saturated carbocycles. The van der Waals surface area contributed by atoms with Gasteiger partial charge >= 0.3 is 12.1 Å². The third kappa shape index (κ3) is 4.92.